The Morgan fingerprint density at radius 3 is 2.47 bits per heavy atom. The van der Waals surface area contributed by atoms with Gasteiger partial charge in [0, 0.05) is 25.9 Å². The van der Waals surface area contributed by atoms with Crippen LogP contribution in [0.25, 0.3) is 0 Å². The topological polar surface area (TPSA) is 30.5 Å². The van der Waals surface area contributed by atoms with Crippen molar-refractivity contribution in [2.75, 3.05) is 38.8 Å². The van der Waals surface area contributed by atoms with Gasteiger partial charge < -0.3 is 14.8 Å². The van der Waals surface area contributed by atoms with Gasteiger partial charge in [-0.25, -0.2) is 0 Å². The average molecular weight is 265 g/mol. The Hall–Kier alpha value is -1.06. The van der Waals surface area contributed by atoms with E-state index in [0.29, 0.717) is 13.2 Å². The minimum atomic E-state index is 0.165. The molecule has 3 heteroatoms. The van der Waals surface area contributed by atoms with Crippen LogP contribution in [0.4, 0.5) is 5.69 Å². The number of benzene rings is 1. The molecule has 0 atom stereocenters. The maximum absolute atomic E-state index is 5.44. The van der Waals surface area contributed by atoms with Gasteiger partial charge >= 0.3 is 0 Å². The second-order valence-corrected chi connectivity index (χ2v) is 5.68. The Morgan fingerprint density at radius 1 is 1.05 bits per heavy atom. The predicted octanol–water partition coefficient (Wildman–Crippen LogP) is 3.45. The van der Waals surface area contributed by atoms with E-state index < -0.39 is 0 Å². The number of rotatable bonds is 8. The molecular formula is C16H27NO2. The zero-order valence-corrected chi connectivity index (χ0v) is 12.7. The lowest BCUT2D eigenvalue weighted by atomic mass is 9.86. The van der Waals surface area contributed by atoms with Gasteiger partial charge in [-0.15, -0.1) is 0 Å². The summed E-state index contributed by atoms with van der Waals surface area (Å²) in [4.78, 5) is 0. The quantitative estimate of drug-likeness (QED) is 0.730. The van der Waals surface area contributed by atoms with Crippen molar-refractivity contribution in [3.63, 3.8) is 0 Å². The second-order valence-electron chi connectivity index (χ2n) is 5.68. The van der Waals surface area contributed by atoms with Crippen molar-refractivity contribution in [1.29, 1.82) is 0 Å². The number of ether oxygens (including phenoxy) is 2. The molecule has 0 bridgehead atoms. The molecule has 0 radical (unpaired) electrons. The highest BCUT2D eigenvalue weighted by atomic mass is 16.5. The minimum Gasteiger partial charge on any atom is -0.385 e. The fourth-order valence-corrected chi connectivity index (χ4v) is 1.93. The van der Waals surface area contributed by atoms with Crippen molar-refractivity contribution < 1.29 is 9.47 Å². The molecule has 1 aromatic carbocycles. The molecule has 0 unspecified atom stereocenters. The molecule has 0 amide bonds. The summed E-state index contributed by atoms with van der Waals surface area (Å²) < 4.78 is 10.4. The first-order valence-corrected chi connectivity index (χ1v) is 6.96. The molecule has 0 heterocycles. The van der Waals surface area contributed by atoms with Gasteiger partial charge in [-0.2, -0.15) is 0 Å². The Balaban J connectivity index is 2.33. The summed E-state index contributed by atoms with van der Waals surface area (Å²) in [5, 5.41) is 3.50. The Morgan fingerprint density at radius 2 is 1.79 bits per heavy atom. The van der Waals surface area contributed by atoms with Crippen molar-refractivity contribution in [3.8, 4) is 0 Å². The highest BCUT2D eigenvalue weighted by molar-refractivity contribution is 5.54. The summed E-state index contributed by atoms with van der Waals surface area (Å²) >= 11 is 0. The summed E-state index contributed by atoms with van der Waals surface area (Å²) in [7, 11) is 1.69. The lowest BCUT2D eigenvalue weighted by molar-refractivity contribution is 0.0705. The summed E-state index contributed by atoms with van der Waals surface area (Å²) in [6.07, 6.45) is 1.00. The highest BCUT2D eigenvalue weighted by Crippen LogP contribution is 2.29. The van der Waals surface area contributed by atoms with Crippen molar-refractivity contribution >= 4 is 5.69 Å². The summed E-state index contributed by atoms with van der Waals surface area (Å²) in [6, 6.07) is 8.51. The molecule has 0 aliphatic carbocycles. The maximum Gasteiger partial charge on any atom is 0.0700 e. The molecule has 0 aliphatic rings. The zero-order valence-electron chi connectivity index (χ0n) is 12.7. The SMILES string of the molecule is COCCOCCCNc1ccccc1C(C)(C)C. The summed E-state index contributed by atoms with van der Waals surface area (Å²) in [6.45, 7) is 9.76. The maximum atomic E-state index is 5.44. The first-order valence-electron chi connectivity index (χ1n) is 6.96. The van der Waals surface area contributed by atoms with Crippen LogP contribution >= 0.6 is 0 Å². The number of hydrogen-bond acceptors (Lipinski definition) is 3. The smallest absolute Gasteiger partial charge is 0.0700 e. The van der Waals surface area contributed by atoms with Gasteiger partial charge in [-0.05, 0) is 23.5 Å². The van der Waals surface area contributed by atoms with Crippen LogP contribution in [0.3, 0.4) is 0 Å². The van der Waals surface area contributed by atoms with E-state index in [1.54, 1.807) is 7.11 Å². The fourth-order valence-electron chi connectivity index (χ4n) is 1.93. The number of methoxy groups -OCH3 is 1. The lowest BCUT2D eigenvalue weighted by Gasteiger charge is -2.23. The predicted molar refractivity (Wildman–Crippen MR) is 80.9 cm³/mol. The molecule has 108 valence electrons. The third-order valence-electron chi connectivity index (χ3n) is 2.95. The molecule has 0 fully saturated rings. The van der Waals surface area contributed by atoms with Crippen LogP contribution in [0.2, 0.25) is 0 Å². The molecule has 3 nitrogen and oxygen atoms in total. The standard InChI is InChI=1S/C16H27NO2/c1-16(2,3)14-8-5-6-9-15(14)17-10-7-11-19-13-12-18-4/h5-6,8-9,17H,7,10-13H2,1-4H3. The number of para-hydroxylation sites is 1. The average Bonchev–Trinajstić information content (AvgIpc) is 2.37. The van der Waals surface area contributed by atoms with E-state index in [2.05, 4.69) is 50.4 Å². The van der Waals surface area contributed by atoms with Gasteiger partial charge in [-0.1, -0.05) is 39.0 Å². The molecule has 1 N–H and O–H groups in total. The zero-order chi connectivity index (χ0) is 14.1. The van der Waals surface area contributed by atoms with Gasteiger partial charge in [0.2, 0.25) is 0 Å². The highest BCUT2D eigenvalue weighted by Gasteiger charge is 2.16. The first kappa shape index (κ1) is 16.0. The van der Waals surface area contributed by atoms with E-state index in [4.69, 9.17) is 9.47 Å². The number of nitrogens with one attached hydrogen (secondary N) is 1. The minimum absolute atomic E-state index is 0.165. The van der Waals surface area contributed by atoms with Crippen LogP contribution in [-0.4, -0.2) is 33.5 Å². The molecule has 0 saturated heterocycles. The van der Waals surface area contributed by atoms with Crippen LogP contribution in [0.1, 0.15) is 32.8 Å². The largest absolute Gasteiger partial charge is 0.385 e. The molecule has 19 heavy (non-hydrogen) atoms. The third-order valence-corrected chi connectivity index (χ3v) is 2.95. The monoisotopic (exact) mass is 265 g/mol. The summed E-state index contributed by atoms with van der Waals surface area (Å²) in [5.74, 6) is 0. The van der Waals surface area contributed by atoms with Crippen LogP contribution in [-0.2, 0) is 14.9 Å². The Bertz CT molecular complexity index is 358. The third kappa shape index (κ3) is 6.08. The van der Waals surface area contributed by atoms with Crippen LogP contribution in [0, 0.1) is 0 Å². The molecule has 0 aliphatic heterocycles. The number of anilines is 1. The Kier molecular flexibility index (Phi) is 6.89. The van der Waals surface area contributed by atoms with Gasteiger partial charge in [0.15, 0.2) is 0 Å². The second kappa shape index (κ2) is 8.18. The van der Waals surface area contributed by atoms with Crippen LogP contribution in [0.15, 0.2) is 24.3 Å². The molecule has 0 spiro atoms. The van der Waals surface area contributed by atoms with Crippen molar-refractivity contribution in [2.24, 2.45) is 0 Å². The molecule has 0 saturated carbocycles. The van der Waals surface area contributed by atoms with E-state index in [1.807, 2.05) is 0 Å². The van der Waals surface area contributed by atoms with Crippen molar-refractivity contribution in [2.45, 2.75) is 32.6 Å². The normalized spacial score (nSPS) is 11.6. The van der Waals surface area contributed by atoms with E-state index in [0.717, 1.165) is 19.6 Å². The fraction of sp³-hybridized carbons (Fsp3) is 0.625. The molecule has 1 rings (SSSR count). The lowest BCUT2D eigenvalue weighted by Crippen LogP contribution is -2.16. The Labute approximate surface area is 117 Å². The van der Waals surface area contributed by atoms with Crippen LogP contribution in [0.5, 0.6) is 0 Å². The van der Waals surface area contributed by atoms with E-state index in [9.17, 15) is 0 Å². The summed E-state index contributed by atoms with van der Waals surface area (Å²) in [5.41, 5.74) is 2.75. The van der Waals surface area contributed by atoms with Crippen LogP contribution < -0.4 is 5.32 Å². The molecule has 1 aromatic rings. The van der Waals surface area contributed by atoms with E-state index in [-0.39, 0.29) is 5.41 Å². The van der Waals surface area contributed by atoms with Gasteiger partial charge in [0.25, 0.3) is 0 Å². The van der Waals surface area contributed by atoms with Gasteiger partial charge in [-0.3, -0.25) is 0 Å². The molecule has 0 aromatic heterocycles. The van der Waals surface area contributed by atoms with E-state index in [1.165, 1.54) is 11.3 Å². The molecular weight excluding hydrogens is 238 g/mol. The van der Waals surface area contributed by atoms with Gasteiger partial charge in [0.05, 0.1) is 13.2 Å². The van der Waals surface area contributed by atoms with Gasteiger partial charge in [0.1, 0.15) is 0 Å². The number of hydrogen-bond donors (Lipinski definition) is 1. The van der Waals surface area contributed by atoms with Crippen molar-refractivity contribution in [1.82, 2.24) is 0 Å². The van der Waals surface area contributed by atoms with E-state index >= 15 is 0 Å². The first-order chi connectivity index (χ1) is 9.05. The van der Waals surface area contributed by atoms with Crippen molar-refractivity contribution in [3.05, 3.63) is 29.8 Å².